The molecule has 6 aromatic rings. The lowest BCUT2D eigenvalue weighted by atomic mass is 9.94. The highest BCUT2D eigenvalue weighted by Crippen LogP contribution is 2.41. The third-order valence-corrected chi connectivity index (χ3v) is 10.2. The maximum atomic E-state index is 14.4. The molecule has 3 aromatic heterocycles. The molecule has 1 saturated heterocycles. The number of anilines is 1. The van der Waals surface area contributed by atoms with E-state index in [0.29, 0.717) is 50.9 Å². The molecule has 51 heavy (non-hydrogen) atoms. The van der Waals surface area contributed by atoms with Crippen LogP contribution in [0.1, 0.15) is 55.2 Å². The van der Waals surface area contributed by atoms with Crippen LogP contribution in [0.25, 0.3) is 33.4 Å². The van der Waals surface area contributed by atoms with Crippen LogP contribution < -0.4 is 10.1 Å². The number of nitrogens with zero attached hydrogens (tertiary/aromatic N) is 4. The summed E-state index contributed by atoms with van der Waals surface area (Å²) >= 11 is 12.7. The zero-order chi connectivity index (χ0) is 35.5. The van der Waals surface area contributed by atoms with Gasteiger partial charge in [-0.3, -0.25) is 9.59 Å². The summed E-state index contributed by atoms with van der Waals surface area (Å²) in [5, 5.41) is 5.10. The molecule has 2 N–H and O–H groups in total. The van der Waals surface area contributed by atoms with Crippen molar-refractivity contribution in [2.45, 2.75) is 39.2 Å². The second kappa shape index (κ2) is 15.0. The number of pyridine rings is 1. The van der Waals surface area contributed by atoms with Crippen molar-refractivity contribution in [2.75, 3.05) is 25.0 Å². The van der Waals surface area contributed by atoms with Gasteiger partial charge in [-0.05, 0) is 74.1 Å². The minimum Gasteiger partial charge on any atom is -0.476 e. The number of hydrogen-bond donors (Lipinski definition) is 2. The molecule has 0 unspecified atom stereocenters. The Morgan fingerprint density at radius 1 is 0.961 bits per heavy atom. The molecule has 0 saturated carbocycles. The van der Waals surface area contributed by atoms with E-state index in [-0.39, 0.29) is 17.9 Å². The molecule has 0 spiro atoms. The molecular formula is C40H38Cl2N6O3. The van der Waals surface area contributed by atoms with Crippen LogP contribution in [-0.4, -0.2) is 55.9 Å². The van der Waals surface area contributed by atoms with E-state index in [9.17, 15) is 9.59 Å². The van der Waals surface area contributed by atoms with Crippen molar-refractivity contribution in [2.24, 2.45) is 5.92 Å². The van der Waals surface area contributed by atoms with Crippen molar-refractivity contribution in [3.05, 3.63) is 119 Å². The molecule has 0 radical (unpaired) electrons. The number of ether oxygens (including phenoxy) is 1. The summed E-state index contributed by atoms with van der Waals surface area (Å²) in [6.07, 6.45) is 6.20. The number of aromatic nitrogens is 4. The number of amides is 2. The first kappa shape index (κ1) is 34.3. The van der Waals surface area contributed by atoms with E-state index in [1.54, 1.807) is 25.3 Å². The first-order chi connectivity index (χ1) is 24.8. The number of rotatable bonds is 10. The van der Waals surface area contributed by atoms with E-state index >= 15 is 0 Å². The maximum Gasteiger partial charge on any atom is 0.272 e. The molecule has 1 aliphatic rings. The number of imidazole rings is 1. The number of likely N-dealkylation sites (tertiary alicyclic amines) is 1. The lowest BCUT2D eigenvalue weighted by Gasteiger charge is -2.31. The maximum absolute atomic E-state index is 14.4. The van der Waals surface area contributed by atoms with E-state index in [0.717, 1.165) is 60.3 Å². The summed E-state index contributed by atoms with van der Waals surface area (Å²) in [6.45, 7) is 5.70. The fourth-order valence-electron chi connectivity index (χ4n) is 6.84. The second-order valence-corrected chi connectivity index (χ2v) is 13.8. The van der Waals surface area contributed by atoms with E-state index < -0.39 is 0 Å². The van der Waals surface area contributed by atoms with Gasteiger partial charge in [-0.2, -0.15) is 0 Å². The summed E-state index contributed by atoms with van der Waals surface area (Å²) in [6, 6.07) is 26.7. The van der Waals surface area contributed by atoms with Gasteiger partial charge in [0.25, 0.3) is 5.91 Å². The van der Waals surface area contributed by atoms with Crippen molar-refractivity contribution in [1.82, 2.24) is 24.4 Å². The van der Waals surface area contributed by atoms with Crippen LogP contribution in [-0.2, 0) is 4.79 Å². The Morgan fingerprint density at radius 2 is 1.71 bits per heavy atom. The summed E-state index contributed by atoms with van der Waals surface area (Å²) in [7, 11) is 0. The zero-order valence-corrected chi connectivity index (χ0v) is 29.9. The van der Waals surface area contributed by atoms with Gasteiger partial charge in [0.1, 0.15) is 11.4 Å². The van der Waals surface area contributed by atoms with Crippen LogP contribution >= 0.6 is 23.2 Å². The predicted octanol–water partition coefficient (Wildman–Crippen LogP) is 9.29. The molecule has 2 amide bonds. The normalized spacial score (nSPS) is 14.1. The molecule has 1 atom stereocenters. The third-order valence-electron chi connectivity index (χ3n) is 9.68. The molecule has 1 aliphatic heterocycles. The van der Waals surface area contributed by atoms with Gasteiger partial charge in [0.2, 0.25) is 11.8 Å². The van der Waals surface area contributed by atoms with Gasteiger partial charge in [0.05, 0.1) is 30.4 Å². The average Bonchev–Trinajstić information content (AvgIpc) is 3.74. The highest BCUT2D eigenvalue weighted by atomic mass is 35.5. The van der Waals surface area contributed by atoms with Gasteiger partial charge in [-0.15, -0.1) is 0 Å². The third kappa shape index (κ3) is 7.36. The molecule has 7 rings (SSSR count). The number of fused-ring (bicyclic) bond motifs is 1. The standard InChI is InChI=1S/C40H38Cl2N6O3/c1-25(28-10-12-30(41)13-11-28)48-24-44-36(29-7-4-3-5-8-29)38(48)35-32-15-14-31(42)23-34(32)45-37(35)39(50)46-33-9-6-19-43-40(33)51-22-18-27-16-20-47(21-17-27)26(2)49/h3-15,19,23-25,27,45H,16-18,20-22H2,1-2H3,(H,46,50)/t25-/m0/s1. The number of carbonyl (C=O) groups excluding carboxylic acids is 2. The van der Waals surface area contributed by atoms with Gasteiger partial charge in [-0.25, -0.2) is 9.97 Å². The van der Waals surface area contributed by atoms with Crippen molar-refractivity contribution in [3.8, 4) is 28.4 Å². The van der Waals surface area contributed by atoms with Gasteiger partial charge in [0.15, 0.2) is 0 Å². The Balaban J connectivity index is 1.24. The van der Waals surface area contributed by atoms with Crippen LogP contribution in [0.2, 0.25) is 10.0 Å². The van der Waals surface area contributed by atoms with Crippen LogP contribution in [0.15, 0.2) is 97.5 Å². The summed E-state index contributed by atoms with van der Waals surface area (Å²) in [5.74, 6) is 0.565. The van der Waals surface area contributed by atoms with E-state index in [4.69, 9.17) is 32.9 Å². The number of aromatic amines is 1. The summed E-state index contributed by atoms with van der Waals surface area (Å²) in [4.78, 5) is 40.8. The van der Waals surface area contributed by atoms with E-state index in [2.05, 4.69) is 26.8 Å². The largest absolute Gasteiger partial charge is 0.476 e. The predicted molar refractivity (Wildman–Crippen MR) is 203 cm³/mol. The van der Waals surface area contributed by atoms with E-state index in [1.165, 1.54) is 0 Å². The number of hydrogen-bond acceptors (Lipinski definition) is 5. The Bertz CT molecular complexity index is 2170. The highest BCUT2D eigenvalue weighted by Gasteiger charge is 2.28. The quantitative estimate of drug-likeness (QED) is 0.147. The minimum absolute atomic E-state index is 0.122. The molecule has 260 valence electrons. The second-order valence-electron chi connectivity index (χ2n) is 12.9. The Hall–Kier alpha value is -5.12. The van der Waals surface area contributed by atoms with Crippen molar-refractivity contribution in [3.63, 3.8) is 0 Å². The number of piperidine rings is 1. The van der Waals surface area contributed by atoms with E-state index in [1.807, 2.05) is 84.0 Å². The topological polar surface area (TPSA) is 105 Å². The molecule has 11 heteroatoms. The van der Waals surface area contributed by atoms with Crippen LogP contribution in [0, 0.1) is 5.92 Å². The molecule has 1 fully saturated rings. The summed E-state index contributed by atoms with van der Waals surface area (Å²) < 4.78 is 8.25. The summed E-state index contributed by atoms with van der Waals surface area (Å²) in [5.41, 5.74) is 5.69. The van der Waals surface area contributed by atoms with Gasteiger partial charge in [-0.1, -0.05) is 71.7 Å². The molecule has 9 nitrogen and oxygen atoms in total. The van der Waals surface area contributed by atoms with Crippen molar-refractivity contribution < 1.29 is 14.3 Å². The number of H-pyrrole nitrogens is 1. The smallest absolute Gasteiger partial charge is 0.272 e. The fourth-order valence-corrected chi connectivity index (χ4v) is 7.14. The Kier molecular flexibility index (Phi) is 10.1. The lowest BCUT2D eigenvalue weighted by Crippen LogP contribution is -2.37. The number of benzene rings is 3. The SMILES string of the molecule is CC(=O)N1CCC(CCOc2ncccc2NC(=O)c2[nH]c3cc(Cl)ccc3c2-c2c(-c3ccccc3)ncn2[C@@H](C)c2ccc(Cl)cc2)CC1. The molecule has 0 bridgehead atoms. The first-order valence-corrected chi connectivity index (χ1v) is 17.9. The van der Waals surface area contributed by atoms with Crippen LogP contribution in [0.4, 0.5) is 5.69 Å². The molecule has 0 aliphatic carbocycles. The Morgan fingerprint density at radius 3 is 2.45 bits per heavy atom. The van der Waals surface area contributed by atoms with Crippen molar-refractivity contribution in [1.29, 1.82) is 0 Å². The van der Waals surface area contributed by atoms with Crippen LogP contribution in [0.5, 0.6) is 5.88 Å². The average molecular weight is 722 g/mol. The van der Waals surface area contributed by atoms with Crippen LogP contribution in [0.3, 0.4) is 0 Å². The highest BCUT2D eigenvalue weighted by molar-refractivity contribution is 6.31. The lowest BCUT2D eigenvalue weighted by molar-refractivity contribution is -0.130. The molecule has 3 aromatic carbocycles. The molecular weight excluding hydrogens is 683 g/mol. The first-order valence-electron chi connectivity index (χ1n) is 17.1. The van der Waals surface area contributed by atoms with Gasteiger partial charge >= 0.3 is 0 Å². The zero-order valence-electron chi connectivity index (χ0n) is 28.4. The van der Waals surface area contributed by atoms with Gasteiger partial charge < -0.3 is 24.5 Å². The number of halogens is 2. The minimum atomic E-state index is -0.363. The molecule has 4 heterocycles. The van der Waals surface area contributed by atoms with Crippen molar-refractivity contribution >= 4 is 51.6 Å². The number of carbonyl (C=O) groups is 2. The fraction of sp³-hybridized carbons (Fsp3) is 0.250. The van der Waals surface area contributed by atoms with Gasteiger partial charge in [0, 0.05) is 58.3 Å². The Labute approximate surface area is 306 Å². The number of nitrogens with one attached hydrogen (secondary N) is 2. The monoisotopic (exact) mass is 720 g/mol.